The predicted molar refractivity (Wildman–Crippen MR) is 71.3 cm³/mol. The van der Waals surface area contributed by atoms with Crippen LogP contribution in [0.3, 0.4) is 0 Å². The van der Waals surface area contributed by atoms with Gasteiger partial charge in [0.1, 0.15) is 10.9 Å². The molecule has 0 bridgehead atoms. The number of carbonyl (C=O) groups excluding carboxylic acids is 1. The van der Waals surface area contributed by atoms with Crippen LogP contribution in [0.15, 0.2) is 23.0 Å². The molecule has 2 rings (SSSR count). The summed E-state index contributed by atoms with van der Waals surface area (Å²) < 4.78 is 7.82. The van der Waals surface area contributed by atoms with Crippen molar-refractivity contribution in [2.45, 2.75) is 20.8 Å². The van der Waals surface area contributed by atoms with Gasteiger partial charge in [0.2, 0.25) is 0 Å². The number of aromatic nitrogens is 2. The Balaban J connectivity index is 2.86. The molecule has 0 aliphatic rings. The van der Waals surface area contributed by atoms with E-state index in [-0.39, 0.29) is 12.2 Å². The maximum Gasteiger partial charge on any atom is 0.514 e. The maximum atomic E-state index is 12.4. The van der Waals surface area contributed by atoms with Crippen LogP contribution in [0, 0.1) is 13.8 Å². The fraction of sp³-hybridized carbons (Fsp3) is 0.357. The first-order valence-electron chi connectivity index (χ1n) is 6.16. The number of rotatable bonds is 1. The molecule has 0 aliphatic heterocycles. The minimum Gasteiger partial charge on any atom is -0.431 e. The second-order valence-electron chi connectivity index (χ2n) is 4.47. The van der Waals surface area contributed by atoms with Gasteiger partial charge in [0.25, 0.3) is 5.82 Å². The van der Waals surface area contributed by atoms with Crippen LogP contribution in [0.1, 0.15) is 18.3 Å². The standard InChI is InChI=1S/C14H17N2O3/c1-5-19-14(18)16-10(3)15(4)12-7-6-9(2)8-11(12)13(16)17/h6-8H,5H2,1-4H3/q+1. The lowest BCUT2D eigenvalue weighted by Crippen LogP contribution is -2.44. The van der Waals surface area contributed by atoms with Crippen molar-refractivity contribution in [3.63, 3.8) is 0 Å². The van der Waals surface area contributed by atoms with Gasteiger partial charge in [-0.25, -0.2) is 9.36 Å². The maximum absolute atomic E-state index is 12.4. The molecular formula is C14H17N2O3+. The number of nitrogens with zero attached hydrogens (tertiary/aromatic N) is 2. The molecule has 0 N–H and O–H groups in total. The molecule has 1 aromatic heterocycles. The molecule has 2 aromatic rings. The monoisotopic (exact) mass is 261 g/mol. The highest BCUT2D eigenvalue weighted by Crippen LogP contribution is 2.09. The van der Waals surface area contributed by atoms with Crippen LogP contribution in [-0.2, 0) is 11.8 Å². The van der Waals surface area contributed by atoms with Crippen LogP contribution < -0.4 is 10.1 Å². The van der Waals surface area contributed by atoms with E-state index in [1.54, 1.807) is 19.9 Å². The normalized spacial score (nSPS) is 10.7. The fourth-order valence-electron chi connectivity index (χ4n) is 2.11. The number of aryl methyl sites for hydroxylation is 2. The summed E-state index contributed by atoms with van der Waals surface area (Å²) in [5.41, 5.74) is 1.44. The predicted octanol–water partition coefficient (Wildman–Crippen LogP) is 1.45. The Hall–Kier alpha value is -2.17. The zero-order chi connectivity index (χ0) is 14.2. The van der Waals surface area contributed by atoms with Crippen LogP contribution in [0.4, 0.5) is 4.79 Å². The van der Waals surface area contributed by atoms with E-state index in [1.807, 2.05) is 30.7 Å². The van der Waals surface area contributed by atoms with Crippen molar-refractivity contribution in [2.24, 2.45) is 7.05 Å². The summed E-state index contributed by atoms with van der Waals surface area (Å²) in [6, 6.07) is 5.61. The van der Waals surface area contributed by atoms with Crippen LogP contribution in [0.2, 0.25) is 0 Å². The third-order valence-corrected chi connectivity index (χ3v) is 3.21. The molecule has 5 heteroatoms. The molecule has 100 valence electrons. The van der Waals surface area contributed by atoms with E-state index in [4.69, 9.17) is 4.74 Å². The molecule has 1 heterocycles. The van der Waals surface area contributed by atoms with E-state index in [1.165, 1.54) is 0 Å². The van der Waals surface area contributed by atoms with Gasteiger partial charge < -0.3 is 4.74 Å². The first-order valence-corrected chi connectivity index (χ1v) is 6.16. The van der Waals surface area contributed by atoms with E-state index < -0.39 is 6.09 Å². The number of ether oxygens (including phenoxy) is 1. The Kier molecular flexibility index (Phi) is 3.38. The summed E-state index contributed by atoms with van der Waals surface area (Å²) in [7, 11) is 1.82. The molecule has 0 radical (unpaired) electrons. The van der Waals surface area contributed by atoms with Gasteiger partial charge in [0.15, 0.2) is 0 Å². The fourth-order valence-corrected chi connectivity index (χ4v) is 2.11. The molecule has 0 aliphatic carbocycles. The molecule has 0 saturated carbocycles. The lowest BCUT2D eigenvalue weighted by Gasteiger charge is -2.07. The number of hydrogen-bond acceptors (Lipinski definition) is 3. The van der Waals surface area contributed by atoms with Gasteiger partial charge in [-0.3, -0.25) is 0 Å². The SMILES string of the molecule is CCOC(=O)n1c(C)[n+](C)c2ccc(C)cc2c1=O. The summed E-state index contributed by atoms with van der Waals surface area (Å²) >= 11 is 0. The van der Waals surface area contributed by atoms with E-state index in [0.29, 0.717) is 11.2 Å². The van der Waals surface area contributed by atoms with Crippen molar-refractivity contribution in [2.75, 3.05) is 6.61 Å². The zero-order valence-electron chi connectivity index (χ0n) is 11.6. The average molecular weight is 261 g/mol. The lowest BCUT2D eigenvalue weighted by molar-refractivity contribution is -0.655. The van der Waals surface area contributed by atoms with E-state index in [2.05, 4.69) is 0 Å². The average Bonchev–Trinajstić information content (AvgIpc) is 2.36. The molecule has 1 aromatic carbocycles. The summed E-state index contributed by atoms with van der Waals surface area (Å²) in [6.07, 6.45) is -0.635. The number of carbonyl (C=O) groups is 1. The highest BCUT2D eigenvalue weighted by molar-refractivity contribution is 5.79. The Morgan fingerprint density at radius 1 is 1.37 bits per heavy atom. The first kappa shape index (κ1) is 13.3. The van der Waals surface area contributed by atoms with Crippen molar-refractivity contribution < 1.29 is 14.1 Å². The van der Waals surface area contributed by atoms with Gasteiger partial charge in [-0.1, -0.05) is 10.6 Å². The van der Waals surface area contributed by atoms with Crippen molar-refractivity contribution in [1.82, 2.24) is 4.57 Å². The number of fused-ring (bicyclic) bond motifs is 1. The molecule has 0 atom stereocenters. The smallest absolute Gasteiger partial charge is 0.431 e. The molecule has 0 saturated heterocycles. The zero-order valence-corrected chi connectivity index (χ0v) is 11.6. The number of benzene rings is 1. The molecule has 19 heavy (non-hydrogen) atoms. The van der Waals surface area contributed by atoms with Crippen molar-refractivity contribution in [3.05, 3.63) is 39.9 Å². The van der Waals surface area contributed by atoms with Crippen LogP contribution in [0.5, 0.6) is 0 Å². The van der Waals surface area contributed by atoms with Gasteiger partial charge in [-0.05, 0) is 31.5 Å². The van der Waals surface area contributed by atoms with Crippen molar-refractivity contribution in [1.29, 1.82) is 0 Å². The highest BCUT2D eigenvalue weighted by Gasteiger charge is 2.25. The summed E-state index contributed by atoms with van der Waals surface area (Å²) in [5, 5.41) is 0.515. The molecule has 0 fully saturated rings. The second-order valence-corrected chi connectivity index (χ2v) is 4.47. The summed E-state index contributed by atoms with van der Waals surface area (Å²) in [5.74, 6) is 0.541. The summed E-state index contributed by atoms with van der Waals surface area (Å²) in [6.45, 7) is 5.58. The minimum atomic E-state index is -0.635. The molecule has 0 unspecified atom stereocenters. The van der Waals surface area contributed by atoms with Gasteiger partial charge in [0, 0.05) is 6.92 Å². The minimum absolute atomic E-state index is 0.236. The van der Waals surface area contributed by atoms with E-state index in [9.17, 15) is 9.59 Å². The quantitative estimate of drug-likeness (QED) is 0.730. The third kappa shape index (κ3) is 2.12. The van der Waals surface area contributed by atoms with E-state index >= 15 is 0 Å². The Morgan fingerprint density at radius 2 is 2.05 bits per heavy atom. The molecule has 5 nitrogen and oxygen atoms in total. The Labute approximate surface area is 111 Å². The third-order valence-electron chi connectivity index (χ3n) is 3.21. The Morgan fingerprint density at radius 3 is 2.68 bits per heavy atom. The van der Waals surface area contributed by atoms with Crippen molar-refractivity contribution in [3.8, 4) is 0 Å². The van der Waals surface area contributed by atoms with Gasteiger partial charge in [-0.2, -0.15) is 4.79 Å². The van der Waals surface area contributed by atoms with Gasteiger partial charge in [0.05, 0.1) is 13.7 Å². The van der Waals surface area contributed by atoms with Crippen LogP contribution >= 0.6 is 0 Å². The molecule has 0 spiro atoms. The van der Waals surface area contributed by atoms with Gasteiger partial charge >= 0.3 is 11.7 Å². The highest BCUT2D eigenvalue weighted by atomic mass is 16.5. The van der Waals surface area contributed by atoms with Crippen LogP contribution in [-0.4, -0.2) is 17.3 Å². The second kappa shape index (κ2) is 4.84. The van der Waals surface area contributed by atoms with Gasteiger partial charge in [-0.15, -0.1) is 0 Å². The summed E-state index contributed by atoms with van der Waals surface area (Å²) in [4.78, 5) is 24.3. The first-order chi connectivity index (χ1) is 8.97. The van der Waals surface area contributed by atoms with E-state index in [0.717, 1.165) is 15.6 Å². The van der Waals surface area contributed by atoms with Crippen molar-refractivity contribution >= 4 is 17.0 Å². The lowest BCUT2D eigenvalue weighted by atomic mass is 10.1. The molecular weight excluding hydrogens is 244 g/mol. The largest absolute Gasteiger partial charge is 0.514 e. The number of hydrogen-bond donors (Lipinski definition) is 0. The molecule has 0 amide bonds. The van der Waals surface area contributed by atoms with Crippen LogP contribution in [0.25, 0.3) is 10.9 Å². The Bertz CT molecular complexity index is 717. The topological polar surface area (TPSA) is 52.2 Å².